The maximum absolute atomic E-state index is 13.9. The zero-order valence-electron chi connectivity index (χ0n) is 32.9. The van der Waals surface area contributed by atoms with E-state index in [1.165, 1.54) is 6.08 Å². The van der Waals surface area contributed by atoms with E-state index in [9.17, 15) is 28.8 Å². The summed E-state index contributed by atoms with van der Waals surface area (Å²) in [6.07, 6.45) is 12.7. The number of primary amides is 1. The van der Waals surface area contributed by atoms with Crippen molar-refractivity contribution in [2.45, 2.75) is 109 Å². The first-order valence-electron chi connectivity index (χ1n) is 19.8. The molecule has 1 saturated carbocycles. The Bertz CT molecular complexity index is 1840. The van der Waals surface area contributed by atoms with Gasteiger partial charge in [-0.05, 0) is 92.5 Å². The van der Waals surface area contributed by atoms with E-state index in [1.807, 2.05) is 44.2 Å². The maximum Gasteiger partial charge on any atom is 0.323 e. The monoisotopic (exact) mass is 780 g/mol. The van der Waals surface area contributed by atoms with E-state index in [1.54, 1.807) is 48.8 Å². The summed E-state index contributed by atoms with van der Waals surface area (Å²) in [5.74, 6) is -2.28. The van der Waals surface area contributed by atoms with Crippen LogP contribution in [0.5, 0.6) is 0 Å². The molecule has 304 valence electrons. The van der Waals surface area contributed by atoms with Gasteiger partial charge >= 0.3 is 6.03 Å². The van der Waals surface area contributed by atoms with Gasteiger partial charge in [-0.25, -0.2) is 4.79 Å². The third-order valence-corrected chi connectivity index (χ3v) is 9.97. The number of nitrogens with zero attached hydrogens (tertiary/aromatic N) is 1. The lowest BCUT2D eigenvalue weighted by molar-refractivity contribution is -0.136. The van der Waals surface area contributed by atoms with Gasteiger partial charge < -0.3 is 37.6 Å². The molecule has 2 aromatic carbocycles. The van der Waals surface area contributed by atoms with Crippen LogP contribution in [0, 0.1) is 6.92 Å². The van der Waals surface area contributed by atoms with E-state index < -0.39 is 47.3 Å². The Labute approximate surface area is 334 Å². The zero-order valence-corrected chi connectivity index (χ0v) is 32.9. The van der Waals surface area contributed by atoms with Crippen LogP contribution in [0.1, 0.15) is 94.2 Å². The number of nitrogens with one attached hydrogen (secondary N) is 6. The van der Waals surface area contributed by atoms with Crippen molar-refractivity contribution >= 4 is 53.0 Å². The molecule has 1 fully saturated rings. The van der Waals surface area contributed by atoms with Crippen LogP contribution in [-0.4, -0.2) is 64.7 Å². The van der Waals surface area contributed by atoms with Crippen LogP contribution in [0.3, 0.4) is 0 Å². The summed E-state index contributed by atoms with van der Waals surface area (Å²) in [5, 5.41) is 17.0. The number of hydrogen-bond acceptors (Lipinski definition) is 7. The Balaban J connectivity index is 1.38. The third kappa shape index (κ3) is 14.5. The van der Waals surface area contributed by atoms with E-state index in [-0.39, 0.29) is 18.7 Å². The molecule has 2 atom stereocenters. The first-order valence-corrected chi connectivity index (χ1v) is 19.8. The molecule has 0 bridgehead atoms. The fraction of sp³-hybridized carbons (Fsp3) is 0.419. The number of unbranched alkanes of at least 4 members (excludes halogenated alkanes) is 2. The summed E-state index contributed by atoms with van der Waals surface area (Å²) < 4.78 is 0. The number of pyridine rings is 1. The van der Waals surface area contributed by atoms with Crippen LogP contribution in [-0.2, 0) is 30.4 Å². The number of anilines is 2. The van der Waals surface area contributed by atoms with E-state index >= 15 is 0 Å². The number of carbonyl (C=O) groups is 6. The standard InChI is InChI=1S/C43H56N8O6/c1-3-4-15-36(40(55)51-43(41(44)56)24-9-5-10-25-43)49-39(54)35(17-8-11-27-46-37(52)23-20-32-14-12-26-45-29-32)48-38(53)28-31-18-21-33(22-19-31)47-42(57)50-34-16-7-6-13-30(34)2/h6-7,12-14,16,18-23,26,29,35-36H,3-5,8-11,15,17,24-25,27-28H2,1-2H3,(H2,44,56)(H,46,52)(H,48,53)(H,49,54)(H,51,55)(H2,47,50,57)/b23-20+/t35-,36-/m0/s1. The number of aromatic nitrogens is 1. The lowest BCUT2D eigenvalue weighted by Crippen LogP contribution is -2.62. The number of nitrogens with two attached hydrogens (primary N) is 1. The minimum atomic E-state index is -1.16. The number of amides is 7. The Hall–Kier alpha value is -6.05. The molecule has 14 nitrogen and oxygen atoms in total. The fourth-order valence-corrected chi connectivity index (χ4v) is 6.65. The predicted molar refractivity (Wildman–Crippen MR) is 221 cm³/mol. The average Bonchev–Trinajstić information content (AvgIpc) is 3.20. The minimum absolute atomic E-state index is 0.0420. The molecule has 0 unspecified atom stereocenters. The second-order valence-electron chi connectivity index (χ2n) is 14.5. The maximum atomic E-state index is 13.9. The zero-order chi connectivity index (χ0) is 41.0. The number of carbonyl (C=O) groups excluding carboxylic acids is 6. The van der Waals surface area contributed by atoms with Crippen molar-refractivity contribution in [3.63, 3.8) is 0 Å². The van der Waals surface area contributed by atoms with E-state index in [4.69, 9.17) is 5.73 Å². The van der Waals surface area contributed by atoms with Crippen molar-refractivity contribution in [2.24, 2.45) is 5.73 Å². The number of hydrogen-bond donors (Lipinski definition) is 7. The number of urea groups is 1. The van der Waals surface area contributed by atoms with Crippen LogP contribution in [0.4, 0.5) is 16.2 Å². The summed E-state index contributed by atoms with van der Waals surface area (Å²) >= 11 is 0. The number of para-hydroxylation sites is 1. The van der Waals surface area contributed by atoms with Crippen molar-refractivity contribution < 1.29 is 28.8 Å². The van der Waals surface area contributed by atoms with Crippen molar-refractivity contribution in [2.75, 3.05) is 17.2 Å². The Kier molecular flexibility index (Phi) is 17.2. The van der Waals surface area contributed by atoms with Crippen LogP contribution in [0.25, 0.3) is 6.08 Å². The molecule has 57 heavy (non-hydrogen) atoms. The molecule has 3 aromatic rings. The lowest BCUT2D eigenvalue weighted by atomic mass is 9.80. The molecule has 0 saturated heterocycles. The molecule has 1 aliphatic rings. The summed E-state index contributed by atoms with van der Waals surface area (Å²) in [5.41, 5.74) is 8.22. The molecule has 14 heteroatoms. The van der Waals surface area contributed by atoms with Gasteiger partial charge in [0.2, 0.25) is 29.5 Å². The summed E-state index contributed by atoms with van der Waals surface area (Å²) in [6, 6.07) is 15.5. The Morgan fingerprint density at radius 2 is 1.54 bits per heavy atom. The van der Waals surface area contributed by atoms with Gasteiger partial charge in [0, 0.05) is 36.4 Å². The molecule has 0 aliphatic heterocycles. The molecular formula is C43H56N8O6. The van der Waals surface area contributed by atoms with Gasteiger partial charge in [-0.1, -0.05) is 75.4 Å². The number of aryl methyl sites for hydroxylation is 1. The lowest BCUT2D eigenvalue weighted by Gasteiger charge is -2.36. The van der Waals surface area contributed by atoms with Gasteiger partial charge in [-0.3, -0.25) is 29.0 Å². The molecule has 8 N–H and O–H groups in total. The number of benzene rings is 2. The smallest absolute Gasteiger partial charge is 0.323 e. The van der Waals surface area contributed by atoms with E-state index in [0.29, 0.717) is 62.0 Å². The van der Waals surface area contributed by atoms with Crippen LogP contribution in [0.15, 0.2) is 79.1 Å². The summed E-state index contributed by atoms with van der Waals surface area (Å²) in [7, 11) is 0. The van der Waals surface area contributed by atoms with Gasteiger partial charge in [0.1, 0.15) is 17.6 Å². The number of rotatable bonds is 20. The predicted octanol–water partition coefficient (Wildman–Crippen LogP) is 5.04. The first kappa shape index (κ1) is 43.7. The quantitative estimate of drug-likeness (QED) is 0.0612. The second-order valence-corrected chi connectivity index (χ2v) is 14.5. The highest BCUT2D eigenvalue weighted by molar-refractivity contribution is 6.00. The van der Waals surface area contributed by atoms with Crippen LogP contribution in [0.2, 0.25) is 0 Å². The fourth-order valence-electron chi connectivity index (χ4n) is 6.65. The third-order valence-electron chi connectivity index (χ3n) is 9.97. The van der Waals surface area contributed by atoms with Gasteiger partial charge in [-0.2, -0.15) is 0 Å². The van der Waals surface area contributed by atoms with Crippen LogP contribution < -0.4 is 37.6 Å². The van der Waals surface area contributed by atoms with Crippen molar-refractivity contribution in [1.82, 2.24) is 26.3 Å². The van der Waals surface area contributed by atoms with Crippen LogP contribution >= 0.6 is 0 Å². The van der Waals surface area contributed by atoms with Gasteiger partial charge in [0.25, 0.3) is 0 Å². The summed E-state index contributed by atoms with van der Waals surface area (Å²) in [4.78, 5) is 82.4. The molecule has 1 aliphatic carbocycles. The first-order chi connectivity index (χ1) is 27.5. The minimum Gasteiger partial charge on any atom is -0.368 e. The largest absolute Gasteiger partial charge is 0.368 e. The SMILES string of the molecule is CCCC[C@H](NC(=O)[C@H](CCCCNC(=O)/C=C/c1cccnc1)NC(=O)Cc1ccc(NC(=O)Nc2ccccc2C)cc1)C(=O)NC1(C(N)=O)CCCCC1. The average molecular weight is 781 g/mol. The van der Waals surface area contributed by atoms with Crippen molar-refractivity contribution in [3.05, 3.63) is 95.8 Å². The second kappa shape index (κ2) is 22.5. The van der Waals surface area contributed by atoms with E-state index in [0.717, 1.165) is 36.8 Å². The van der Waals surface area contributed by atoms with E-state index in [2.05, 4.69) is 36.9 Å². The molecule has 4 rings (SSSR count). The molecule has 0 spiro atoms. The highest BCUT2D eigenvalue weighted by Crippen LogP contribution is 2.28. The topological polar surface area (TPSA) is 214 Å². The normalized spacial score (nSPS) is 14.4. The molecule has 7 amide bonds. The van der Waals surface area contributed by atoms with Gasteiger partial charge in [0.05, 0.1) is 6.42 Å². The molecular weight excluding hydrogens is 725 g/mol. The summed E-state index contributed by atoms with van der Waals surface area (Å²) in [6.45, 7) is 4.22. The Morgan fingerprint density at radius 1 is 0.825 bits per heavy atom. The van der Waals surface area contributed by atoms with Crippen molar-refractivity contribution in [1.29, 1.82) is 0 Å². The Morgan fingerprint density at radius 3 is 2.23 bits per heavy atom. The molecule has 0 radical (unpaired) electrons. The van der Waals surface area contributed by atoms with Gasteiger partial charge in [-0.15, -0.1) is 0 Å². The molecule has 1 aromatic heterocycles. The molecule has 1 heterocycles. The van der Waals surface area contributed by atoms with Crippen molar-refractivity contribution in [3.8, 4) is 0 Å². The highest BCUT2D eigenvalue weighted by Gasteiger charge is 2.41. The highest BCUT2D eigenvalue weighted by atomic mass is 16.2. The van der Waals surface area contributed by atoms with Gasteiger partial charge in [0.15, 0.2) is 0 Å².